The standard InChI is InChI=1S/C16H14N6OS/c1-23-12-5-3-11(4-6-12)9-24-16-20-14-13(17-10-18-14)15(21-16)22-8-2-7-19-22/h2-8,10H,9H2,1H3,(H,17,18,20,21). The van der Waals surface area contributed by atoms with Crippen LogP contribution < -0.4 is 4.74 Å². The van der Waals surface area contributed by atoms with E-state index in [1.807, 2.05) is 36.5 Å². The van der Waals surface area contributed by atoms with Crippen molar-refractivity contribution in [2.24, 2.45) is 0 Å². The van der Waals surface area contributed by atoms with E-state index < -0.39 is 0 Å². The molecule has 0 aliphatic rings. The van der Waals surface area contributed by atoms with Gasteiger partial charge in [0.05, 0.1) is 13.4 Å². The highest BCUT2D eigenvalue weighted by atomic mass is 32.2. The molecule has 0 spiro atoms. The molecule has 0 unspecified atom stereocenters. The van der Waals surface area contributed by atoms with Crippen LogP contribution in [0.1, 0.15) is 5.56 Å². The zero-order valence-corrected chi connectivity index (χ0v) is 13.7. The monoisotopic (exact) mass is 338 g/mol. The molecule has 0 radical (unpaired) electrons. The normalized spacial score (nSPS) is 11.0. The van der Waals surface area contributed by atoms with Crippen molar-refractivity contribution in [3.05, 3.63) is 54.6 Å². The number of benzene rings is 1. The second-order valence-corrected chi connectivity index (χ2v) is 5.96. The number of imidazole rings is 1. The topological polar surface area (TPSA) is 81.5 Å². The third-order valence-corrected chi connectivity index (χ3v) is 4.41. The van der Waals surface area contributed by atoms with Crippen molar-refractivity contribution in [3.63, 3.8) is 0 Å². The van der Waals surface area contributed by atoms with E-state index in [4.69, 9.17) is 4.74 Å². The quantitative estimate of drug-likeness (QED) is 0.445. The highest BCUT2D eigenvalue weighted by Gasteiger charge is 2.12. The average molecular weight is 338 g/mol. The molecule has 0 saturated carbocycles. The summed E-state index contributed by atoms with van der Waals surface area (Å²) in [4.78, 5) is 16.4. The third kappa shape index (κ3) is 2.83. The molecule has 1 aromatic carbocycles. The SMILES string of the molecule is COc1ccc(CSc2nc(-n3cccn3)c3[nH]cnc3n2)cc1. The number of nitrogens with one attached hydrogen (secondary N) is 1. The van der Waals surface area contributed by atoms with E-state index in [-0.39, 0.29) is 0 Å². The minimum atomic E-state index is 0.632. The average Bonchev–Trinajstić information content (AvgIpc) is 3.31. The summed E-state index contributed by atoms with van der Waals surface area (Å²) >= 11 is 1.56. The lowest BCUT2D eigenvalue weighted by molar-refractivity contribution is 0.414. The molecule has 3 aromatic heterocycles. The first-order valence-electron chi connectivity index (χ1n) is 7.30. The second kappa shape index (κ2) is 6.32. The molecule has 24 heavy (non-hydrogen) atoms. The first kappa shape index (κ1) is 14.7. The van der Waals surface area contributed by atoms with Crippen molar-refractivity contribution in [2.45, 2.75) is 10.9 Å². The first-order valence-corrected chi connectivity index (χ1v) is 8.29. The Morgan fingerprint density at radius 3 is 2.83 bits per heavy atom. The molecule has 120 valence electrons. The lowest BCUT2D eigenvalue weighted by atomic mass is 10.2. The van der Waals surface area contributed by atoms with Crippen LogP contribution >= 0.6 is 11.8 Å². The summed E-state index contributed by atoms with van der Waals surface area (Å²) < 4.78 is 6.88. The third-order valence-electron chi connectivity index (χ3n) is 3.49. The lowest BCUT2D eigenvalue weighted by Gasteiger charge is -2.06. The molecule has 0 saturated heterocycles. The Balaban J connectivity index is 1.62. The van der Waals surface area contributed by atoms with Gasteiger partial charge in [-0.2, -0.15) is 5.10 Å². The van der Waals surface area contributed by atoms with Crippen molar-refractivity contribution < 1.29 is 4.74 Å². The molecule has 7 nitrogen and oxygen atoms in total. The molecule has 0 amide bonds. The number of aromatic nitrogens is 6. The maximum absolute atomic E-state index is 5.18. The van der Waals surface area contributed by atoms with Gasteiger partial charge in [-0.25, -0.2) is 19.6 Å². The van der Waals surface area contributed by atoms with Crippen LogP contribution in [0, 0.1) is 0 Å². The van der Waals surface area contributed by atoms with Gasteiger partial charge in [-0.05, 0) is 23.8 Å². The molecule has 4 rings (SSSR count). The van der Waals surface area contributed by atoms with Gasteiger partial charge >= 0.3 is 0 Å². The van der Waals surface area contributed by atoms with Gasteiger partial charge in [0, 0.05) is 18.1 Å². The number of thioether (sulfide) groups is 1. The molecule has 3 heterocycles. The van der Waals surface area contributed by atoms with Gasteiger partial charge in [-0.15, -0.1) is 0 Å². The van der Waals surface area contributed by atoms with E-state index in [0.717, 1.165) is 17.0 Å². The fourth-order valence-corrected chi connectivity index (χ4v) is 3.08. The summed E-state index contributed by atoms with van der Waals surface area (Å²) in [5.74, 6) is 2.30. The van der Waals surface area contributed by atoms with Crippen LogP contribution in [0.2, 0.25) is 0 Å². The summed E-state index contributed by atoms with van der Waals surface area (Å²) in [5, 5.41) is 4.91. The Hall–Kier alpha value is -2.87. The zero-order chi connectivity index (χ0) is 16.4. The van der Waals surface area contributed by atoms with Gasteiger partial charge < -0.3 is 9.72 Å². The van der Waals surface area contributed by atoms with Crippen LogP contribution in [-0.4, -0.2) is 36.8 Å². The predicted octanol–water partition coefficient (Wildman–Crippen LogP) is 2.84. The lowest BCUT2D eigenvalue weighted by Crippen LogP contribution is -2.02. The van der Waals surface area contributed by atoms with Gasteiger partial charge in [0.2, 0.25) is 0 Å². The molecular formula is C16H14N6OS. The van der Waals surface area contributed by atoms with Crippen LogP contribution in [0.3, 0.4) is 0 Å². The largest absolute Gasteiger partial charge is 0.497 e. The highest BCUT2D eigenvalue weighted by Crippen LogP contribution is 2.24. The number of H-pyrrole nitrogens is 1. The Morgan fingerprint density at radius 2 is 2.08 bits per heavy atom. The van der Waals surface area contributed by atoms with E-state index in [2.05, 4.69) is 25.0 Å². The zero-order valence-electron chi connectivity index (χ0n) is 12.9. The van der Waals surface area contributed by atoms with Crippen LogP contribution in [0.5, 0.6) is 5.75 Å². The number of nitrogens with zero attached hydrogens (tertiary/aromatic N) is 5. The molecule has 0 bridgehead atoms. The van der Waals surface area contributed by atoms with E-state index in [0.29, 0.717) is 16.6 Å². The van der Waals surface area contributed by atoms with E-state index in [9.17, 15) is 0 Å². The van der Waals surface area contributed by atoms with Crippen molar-refractivity contribution in [3.8, 4) is 11.6 Å². The summed E-state index contributed by atoms with van der Waals surface area (Å²) in [6.45, 7) is 0. The molecule has 0 fully saturated rings. The minimum Gasteiger partial charge on any atom is -0.497 e. The molecule has 1 N–H and O–H groups in total. The molecule has 0 aliphatic carbocycles. The Bertz CT molecular complexity index is 949. The van der Waals surface area contributed by atoms with Crippen molar-refractivity contribution in [2.75, 3.05) is 7.11 Å². The van der Waals surface area contributed by atoms with Crippen LogP contribution in [-0.2, 0) is 5.75 Å². The Kier molecular flexibility index (Phi) is 3.87. The van der Waals surface area contributed by atoms with Crippen LogP contribution in [0.4, 0.5) is 0 Å². The fourth-order valence-electron chi connectivity index (χ4n) is 2.29. The molecule has 0 aliphatic heterocycles. The van der Waals surface area contributed by atoms with Gasteiger partial charge in [-0.1, -0.05) is 23.9 Å². The predicted molar refractivity (Wildman–Crippen MR) is 91.4 cm³/mol. The van der Waals surface area contributed by atoms with E-state index >= 15 is 0 Å². The van der Waals surface area contributed by atoms with Crippen LogP contribution in [0.25, 0.3) is 17.0 Å². The van der Waals surface area contributed by atoms with Gasteiger partial charge in [0.1, 0.15) is 11.3 Å². The van der Waals surface area contributed by atoms with Crippen LogP contribution in [0.15, 0.2) is 54.2 Å². The number of hydrogen-bond acceptors (Lipinski definition) is 6. The number of fused-ring (bicyclic) bond motifs is 1. The van der Waals surface area contributed by atoms with Gasteiger partial charge in [0.25, 0.3) is 0 Å². The fraction of sp³-hybridized carbons (Fsp3) is 0.125. The highest BCUT2D eigenvalue weighted by molar-refractivity contribution is 7.98. The Morgan fingerprint density at radius 1 is 1.21 bits per heavy atom. The summed E-state index contributed by atoms with van der Waals surface area (Å²) in [6, 6.07) is 9.82. The molecule has 0 atom stereocenters. The first-order chi connectivity index (χ1) is 11.8. The molecule has 4 aromatic rings. The summed E-state index contributed by atoms with van der Waals surface area (Å²) in [5.41, 5.74) is 2.58. The second-order valence-electron chi connectivity index (χ2n) is 5.02. The van der Waals surface area contributed by atoms with Gasteiger partial charge in [-0.3, -0.25) is 0 Å². The van der Waals surface area contributed by atoms with Crippen molar-refractivity contribution in [1.82, 2.24) is 29.7 Å². The van der Waals surface area contributed by atoms with E-state index in [1.165, 1.54) is 5.56 Å². The van der Waals surface area contributed by atoms with Gasteiger partial charge in [0.15, 0.2) is 16.6 Å². The summed E-state index contributed by atoms with van der Waals surface area (Å²) in [7, 11) is 1.66. The summed E-state index contributed by atoms with van der Waals surface area (Å²) in [6.07, 6.45) is 5.18. The van der Waals surface area contributed by atoms with Crippen molar-refractivity contribution in [1.29, 1.82) is 0 Å². The number of methoxy groups -OCH3 is 1. The molecule has 8 heteroatoms. The number of hydrogen-bond donors (Lipinski definition) is 1. The number of ether oxygens (including phenoxy) is 1. The smallest absolute Gasteiger partial charge is 0.192 e. The molecular weight excluding hydrogens is 324 g/mol. The minimum absolute atomic E-state index is 0.632. The maximum atomic E-state index is 5.18. The maximum Gasteiger partial charge on any atom is 0.192 e. The number of rotatable bonds is 5. The van der Waals surface area contributed by atoms with E-state index in [1.54, 1.807) is 36.1 Å². The van der Waals surface area contributed by atoms with Crippen molar-refractivity contribution >= 4 is 22.9 Å². The number of aromatic amines is 1. The Labute approximate surface area is 142 Å².